The summed E-state index contributed by atoms with van der Waals surface area (Å²) in [5.41, 5.74) is 3.19. The Labute approximate surface area is 144 Å². The number of thiazole rings is 1. The lowest BCUT2D eigenvalue weighted by Crippen LogP contribution is -2.50. The van der Waals surface area contributed by atoms with Crippen molar-refractivity contribution in [1.29, 1.82) is 0 Å². The van der Waals surface area contributed by atoms with Gasteiger partial charge in [-0.25, -0.2) is 18.1 Å². The highest BCUT2D eigenvalue weighted by atomic mass is 32.2. The van der Waals surface area contributed by atoms with Gasteiger partial charge in [-0.2, -0.15) is 5.10 Å². The summed E-state index contributed by atoms with van der Waals surface area (Å²) in [5, 5.41) is 6.07. The van der Waals surface area contributed by atoms with E-state index in [2.05, 4.69) is 14.8 Å². The van der Waals surface area contributed by atoms with Crippen LogP contribution in [-0.2, 0) is 33.2 Å². The zero-order chi connectivity index (χ0) is 17.2. The Kier molecular flexibility index (Phi) is 5.30. The number of hydrogen-bond donors (Lipinski definition) is 1. The average Bonchev–Trinajstić information content (AvgIpc) is 3.16. The van der Waals surface area contributed by atoms with Crippen molar-refractivity contribution in [2.45, 2.75) is 37.1 Å². The lowest BCUT2D eigenvalue weighted by atomic mass is 10.1. The molecule has 1 aliphatic heterocycles. The maximum atomic E-state index is 12.7. The van der Waals surface area contributed by atoms with Crippen LogP contribution in [0.2, 0.25) is 0 Å². The monoisotopic (exact) mass is 372 g/mol. The normalized spacial score (nSPS) is 21.9. The number of nitrogens with zero attached hydrogens (tertiary/aromatic N) is 3. The third-order valence-corrected chi connectivity index (χ3v) is 6.18. The molecule has 2 aromatic heterocycles. The third-order valence-electron chi connectivity index (χ3n) is 3.84. The maximum Gasteiger partial charge on any atom is 0.258 e. The molecule has 1 N–H and O–H groups in total. The van der Waals surface area contributed by atoms with Gasteiger partial charge in [0.2, 0.25) is 0 Å². The minimum atomic E-state index is -3.71. The Morgan fingerprint density at radius 1 is 1.54 bits per heavy atom. The van der Waals surface area contributed by atoms with E-state index in [9.17, 15) is 8.42 Å². The summed E-state index contributed by atoms with van der Waals surface area (Å²) in [6.07, 6.45) is 1.90. The lowest BCUT2D eigenvalue weighted by molar-refractivity contribution is -0.0579. The molecule has 2 aromatic rings. The van der Waals surface area contributed by atoms with Gasteiger partial charge in [-0.3, -0.25) is 4.68 Å². The van der Waals surface area contributed by atoms with Crippen molar-refractivity contribution in [1.82, 2.24) is 19.5 Å². The Balaban J connectivity index is 1.71. The van der Waals surface area contributed by atoms with Gasteiger partial charge in [-0.05, 0) is 13.3 Å². The summed E-state index contributed by atoms with van der Waals surface area (Å²) in [4.78, 5) is 4.18. The summed E-state index contributed by atoms with van der Waals surface area (Å²) in [6, 6.07) is -0.448. The Morgan fingerprint density at radius 3 is 3.04 bits per heavy atom. The molecule has 3 rings (SSSR count). The fourth-order valence-electron chi connectivity index (χ4n) is 2.71. The Hall–Kier alpha value is -1.33. The van der Waals surface area contributed by atoms with Crippen LogP contribution in [0.15, 0.2) is 22.1 Å². The molecule has 24 heavy (non-hydrogen) atoms. The number of aryl methyl sites for hydroxylation is 2. The van der Waals surface area contributed by atoms with Gasteiger partial charge >= 0.3 is 0 Å². The number of hydrogen-bond acceptors (Lipinski definition) is 7. The molecule has 0 radical (unpaired) electrons. The standard InChI is InChI=1S/C14H20N4O4S2/c1-10-5-16-18(2)14(10)24(19,20)17-12-7-21-4-3-13(12)22-6-11-8-23-9-15-11/h5,8-9,12-13,17H,3-4,6-7H2,1-2H3/t12-,13+/m1/s1. The van der Waals surface area contributed by atoms with Crippen molar-refractivity contribution in [2.24, 2.45) is 7.05 Å². The molecule has 132 valence electrons. The molecule has 0 spiro atoms. The largest absolute Gasteiger partial charge is 0.380 e. The van der Waals surface area contributed by atoms with Gasteiger partial charge in [-0.15, -0.1) is 11.3 Å². The van der Waals surface area contributed by atoms with Gasteiger partial charge < -0.3 is 9.47 Å². The first-order valence-electron chi connectivity index (χ1n) is 7.54. The molecule has 1 fully saturated rings. The molecular formula is C14H20N4O4S2. The van der Waals surface area contributed by atoms with E-state index in [0.717, 1.165) is 5.69 Å². The molecule has 3 heterocycles. The van der Waals surface area contributed by atoms with Crippen molar-refractivity contribution in [2.75, 3.05) is 13.2 Å². The summed E-state index contributed by atoms with van der Waals surface area (Å²) < 4.78 is 40.7. The smallest absolute Gasteiger partial charge is 0.258 e. The predicted octanol–water partition coefficient (Wildman–Crippen LogP) is 0.838. The second-order valence-electron chi connectivity index (χ2n) is 5.68. The van der Waals surface area contributed by atoms with Crippen LogP contribution in [-0.4, -0.2) is 48.5 Å². The van der Waals surface area contributed by atoms with Crippen molar-refractivity contribution in [3.05, 3.63) is 28.3 Å². The summed E-state index contributed by atoms with van der Waals surface area (Å²) >= 11 is 1.50. The minimum Gasteiger partial charge on any atom is -0.380 e. The van der Waals surface area contributed by atoms with E-state index in [0.29, 0.717) is 25.2 Å². The first-order chi connectivity index (χ1) is 11.5. The molecule has 1 aliphatic rings. The van der Waals surface area contributed by atoms with Crippen LogP contribution in [0.3, 0.4) is 0 Å². The highest BCUT2D eigenvalue weighted by Gasteiger charge is 2.32. The van der Waals surface area contributed by atoms with Gasteiger partial charge in [0.15, 0.2) is 5.03 Å². The fraction of sp³-hybridized carbons (Fsp3) is 0.571. The average molecular weight is 372 g/mol. The molecule has 0 saturated carbocycles. The van der Waals surface area contributed by atoms with Crippen LogP contribution in [0.1, 0.15) is 17.7 Å². The quantitative estimate of drug-likeness (QED) is 0.807. The topological polar surface area (TPSA) is 95.3 Å². The Morgan fingerprint density at radius 2 is 2.38 bits per heavy atom. The zero-order valence-electron chi connectivity index (χ0n) is 13.5. The Bertz CT molecular complexity index is 753. The molecule has 0 unspecified atom stereocenters. The predicted molar refractivity (Wildman–Crippen MR) is 88.2 cm³/mol. The number of aromatic nitrogens is 3. The maximum absolute atomic E-state index is 12.7. The van der Waals surface area contributed by atoms with Crippen molar-refractivity contribution < 1.29 is 17.9 Å². The molecule has 0 amide bonds. The van der Waals surface area contributed by atoms with Gasteiger partial charge in [0.1, 0.15) is 0 Å². The number of nitrogens with one attached hydrogen (secondary N) is 1. The fourth-order valence-corrected chi connectivity index (χ4v) is 4.85. The molecule has 0 aliphatic carbocycles. The number of ether oxygens (including phenoxy) is 2. The van der Waals surface area contributed by atoms with Crippen LogP contribution in [0, 0.1) is 6.92 Å². The van der Waals surface area contributed by atoms with E-state index >= 15 is 0 Å². The van der Waals surface area contributed by atoms with Crippen LogP contribution in [0.25, 0.3) is 0 Å². The zero-order valence-corrected chi connectivity index (χ0v) is 15.1. The van der Waals surface area contributed by atoms with Crippen LogP contribution < -0.4 is 4.72 Å². The lowest BCUT2D eigenvalue weighted by Gasteiger charge is -2.31. The second-order valence-corrected chi connectivity index (χ2v) is 8.02. The van der Waals surface area contributed by atoms with Gasteiger partial charge in [0.25, 0.3) is 10.0 Å². The third kappa shape index (κ3) is 3.83. The summed E-state index contributed by atoms with van der Waals surface area (Å²) in [7, 11) is -2.10. The van der Waals surface area contributed by atoms with Crippen LogP contribution in [0.4, 0.5) is 0 Å². The van der Waals surface area contributed by atoms with Crippen LogP contribution >= 0.6 is 11.3 Å². The highest BCUT2D eigenvalue weighted by Crippen LogP contribution is 2.19. The number of sulfonamides is 1. The van der Waals surface area contributed by atoms with Gasteiger partial charge in [0, 0.05) is 24.6 Å². The van der Waals surface area contributed by atoms with E-state index in [1.165, 1.54) is 22.2 Å². The van der Waals surface area contributed by atoms with Gasteiger partial charge in [-0.1, -0.05) is 0 Å². The number of rotatable bonds is 6. The molecule has 0 aromatic carbocycles. The molecule has 0 bridgehead atoms. The minimum absolute atomic E-state index is 0.159. The first-order valence-corrected chi connectivity index (χ1v) is 9.97. The first kappa shape index (κ1) is 17.5. The van der Waals surface area contributed by atoms with E-state index in [-0.39, 0.29) is 17.7 Å². The van der Waals surface area contributed by atoms with Crippen molar-refractivity contribution >= 4 is 21.4 Å². The summed E-state index contributed by atoms with van der Waals surface area (Å²) in [6.45, 7) is 2.90. The molecular weight excluding hydrogens is 352 g/mol. The molecule has 1 saturated heterocycles. The van der Waals surface area contributed by atoms with E-state index < -0.39 is 16.1 Å². The molecule has 2 atom stereocenters. The SMILES string of the molecule is Cc1cnn(C)c1S(=O)(=O)N[C@@H]1COCC[C@@H]1OCc1cscn1. The van der Waals surface area contributed by atoms with Gasteiger partial charge in [0.05, 0.1) is 42.8 Å². The summed E-state index contributed by atoms with van der Waals surface area (Å²) in [5.74, 6) is 0. The van der Waals surface area contributed by atoms with Crippen molar-refractivity contribution in [3.8, 4) is 0 Å². The highest BCUT2D eigenvalue weighted by molar-refractivity contribution is 7.89. The second kappa shape index (κ2) is 7.28. The van der Waals surface area contributed by atoms with E-state index in [1.807, 2.05) is 5.38 Å². The van der Waals surface area contributed by atoms with Crippen LogP contribution in [0.5, 0.6) is 0 Å². The van der Waals surface area contributed by atoms with E-state index in [4.69, 9.17) is 9.47 Å². The van der Waals surface area contributed by atoms with Crippen molar-refractivity contribution in [3.63, 3.8) is 0 Å². The molecule has 8 nitrogen and oxygen atoms in total. The van der Waals surface area contributed by atoms with E-state index in [1.54, 1.807) is 19.5 Å². The molecule has 10 heteroatoms.